The van der Waals surface area contributed by atoms with Gasteiger partial charge in [0.05, 0.1) is 40.2 Å². The molecule has 1 aliphatic carbocycles. The van der Waals surface area contributed by atoms with Gasteiger partial charge in [-0.05, 0) is 102 Å². The van der Waals surface area contributed by atoms with Gasteiger partial charge in [0.25, 0.3) is 21.6 Å². The van der Waals surface area contributed by atoms with E-state index in [-0.39, 0.29) is 27.5 Å². The Hall–Kier alpha value is -5.30. The molecule has 15 nitrogen and oxygen atoms in total. The molecule has 18 heteroatoms. The molecule has 362 valence electrons. The van der Waals surface area contributed by atoms with E-state index in [4.69, 9.17) is 25.5 Å². The number of nitro groups is 1. The molecule has 3 aliphatic rings. The molecule has 0 bridgehead atoms. The largest absolute Gasteiger partial charge is 0.455 e. The number of aromatic amines is 1. The van der Waals surface area contributed by atoms with E-state index in [2.05, 4.69) is 89.7 Å². The van der Waals surface area contributed by atoms with Crippen LogP contribution >= 0.6 is 11.6 Å². The Morgan fingerprint density at radius 1 is 1.01 bits per heavy atom. The van der Waals surface area contributed by atoms with Gasteiger partial charge >= 0.3 is 0 Å². The summed E-state index contributed by atoms with van der Waals surface area (Å²) in [6.07, 6.45) is 6.46. The van der Waals surface area contributed by atoms with Crippen molar-refractivity contribution in [3.63, 3.8) is 0 Å². The zero-order valence-electron chi connectivity index (χ0n) is 39.9. The van der Waals surface area contributed by atoms with Crippen molar-refractivity contribution in [2.75, 3.05) is 69.3 Å². The molecule has 0 radical (unpaired) electrons. The summed E-state index contributed by atoms with van der Waals surface area (Å²) in [6.45, 7) is 21.0. The number of hydrogen-bond acceptors (Lipinski definition) is 12. The number of carbonyl (C=O) groups excluding carboxylic acids is 1. The first-order chi connectivity index (χ1) is 32.1. The Labute approximate surface area is 404 Å². The number of pyridine rings is 1. The highest BCUT2D eigenvalue weighted by atomic mass is 35.5. The number of allylic oxidation sites excluding steroid dienone is 1. The molecule has 5 aromatic rings. The smallest absolute Gasteiger partial charge is 0.293 e. The van der Waals surface area contributed by atoms with Crippen LogP contribution in [0.3, 0.4) is 0 Å². The highest BCUT2D eigenvalue weighted by Gasteiger charge is 2.44. The molecule has 68 heavy (non-hydrogen) atoms. The summed E-state index contributed by atoms with van der Waals surface area (Å²) in [5.74, 6) is -0.503. The predicted octanol–water partition coefficient (Wildman–Crippen LogP) is 10.3. The summed E-state index contributed by atoms with van der Waals surface area (Å²) in [5, 5.41) is 17.0. The zero-order chi connectivity index (χ0) is 48.6. The summed E-state index contributed by atoms with van der Waals surface area (Å²) >= 11 is 6.25. The third-order valence-corrected chi connectivity index (χ3v) is 20.1. The molecule has 0 spiro atoms. The Bertz CT molecular complexity index is 2830. The molecule has 4 heterocycles. The first-order valence-corrected chi connectivity index (χ1v) is 27.9. The molecule has 0 saturated carbocycles. The predicted molar refractivity (Wildman–Crippen MR) is 270 cm³/mol. The normalized spacial score (nSPS) is 17.7. The molecule has 2 aromatic heterocycles. The Balaban J connectivity index is 0.987. The van der Waals surface area contributed by atoms with E-state index in [1.807, 2.05) is 18.2 Å². The van der Waals surface area contributed by atoms with Crippen LogP contribution < -0.4 is 19.7 Å². The number of carbonyl (C=O) groups is 1. The maximum atomic E-state index is 14.1. The molecular weight excluding hydrogens is 922 g/mol. The second-order valence-corrected chi connectivity index (χ2v) is 27.8. The van der Waals surface area contributed by atoms with Gasteiger partial charge in [0.15, 0.2) is 8.32 Å². The summed E-state index contributed by atoms with van der Waals surface area (Å²) in [5.41, 5.74) is 5.01. The minimum Gasteiger partial charge on any atom is -0.455 e. The summed E-state index contributed by atoms with van der Waals surface area (Å²) in [6, 6.07) is 20.4. The molecule has 3 N–H and O–H groups in total. The monoisotopic (exact) mass is 983 g/mol. The van der Waals surface area contributed by atoms with E-state index in [9.17, 15) is 23.3 Å². The number of nitrogens with one attached hydrogen (secondary N) is 3. The van der Waals surface area contributed by atoms with Gasteiger partial charge in [-0.2, -0.15) is 0 Å². The maximum Gasteiger partial charge on any atom is 0.293 e. The van der Waals surface area contributed by atoms with Crippen molar-refractivity contribution in [3.8, 4) is 11.5 Å². The minimum atomic E-state index is -4.61. The fourth-order valence-electron chi connectivity index (χ4n) is 8.66. The van der Waals surface area contributed by atoms with Crippen molar-refractivity contribution in [1.82, 2.24) is 19.6 Å². The molecule has 2 aliphatic heterocycles. The number of rotatable bonds is 16. The number of H-pyrrole nitrogens is 1. The van der Waals surface area contributed by atoms with Gasteiger partial charge in [0.2, 0.25) is 0 Å². The van der Waals surface area contributed by atoms with Gasteiger partial charge in [0.1, 0.15) is 22.8 Å². The van der Waals surface area contributed by atoms with Crippen molar-refractivity contribution in [1.29, 1.82) is 0 Å². The maximum absolute atomic E-state index is 14.1. The number of piperazine rings is 1. The number of nitro benzene ring substituents is 1. The molecule has 0 atom stereocenters. The van der Waals surface area contributed by atoms with E-state index in [0.29, 0.717) is 50.9 Å². The van der Waals surface area contributed by atoms with Crippen LogP contribution in [0.5, 0.6) is 11.5 Å². The first kappa shape index (κ1) is 49.1. The van der Waals surface area contributed by atoms with Gasteiger partial charge in [0, 0.05) is 80.3 Å². The minimum absolute atomic E-state index is 0.00163. The Morgan fingerprint density at radius 2 is 1.75 bits per heavy atom. The number of halogens is 1. The topological polar surface area (TPSA) is 181 Å². The van der Waals surface area contributed by atoms with Crippen molar-refractivity contribution >= 4 is 69.5 Å². The van der Waals surface area contributed by atoms with Crippen molar-refractivity contribution in [3.05, 3.63) is 117 Å². The van der Waals surface area contributed by atoms with Crippen LogP contribution in [0.25, 0.3) is 16.6 Å². The lowest BCUT2D eigenvalue weighted by atomic mass is 9.72. The second kappa shape index (κ2) is 19.2. The second-order valence-electron chi connectivity index (χ2n) is 20.8. The van der Waals surface area contributed by atoms with Gasteiger partial charge in [-0.1, -0.05) is 63.9 Å². The first-order valence-electron chi connectivity index (χ1n) is 23.1. The molecule has 2 saturated heterocycles. The number of fused-ring (bicyclic) bond motifs is 1. The van der Waals surface area contributed by atoms with Crippen LogP contribution in [0.15, 0.2) is 95.7 Å². The van der Waals surface area contributed by atoms with E-state index < -0.39 is 45.2 Å². The Morgan fingerprint density at radius 3 is 2.43 bits per heavy atom. The summed E-state index contributed by atoms with van der Waals surface area (Å²) in [4.78, 5) is 37.5. The van der Waals surface area contributed by atoms with Crippen LogP contribution in [-0.2, 0) is 19.2 Å². The quantitative estimate of drug-likeness (QED) is 0.0484. The third kappa shape index (κ3) is 11.1. The average Bonchev–Trinajstić information content (AvgIpc) is 3.74. The average molecular weight is 985 g/mol. The van der Waals surface area contributed by atoms with E-state index >= 15 is 0 Å². The van der Waals surface area contributed by atoms with Crippen LogP contribution in [0.4, 0.5) is 17.1 Å². The lowest BCUT2D eigenvalue weighted by molar-refractivity contribution is -0.384. The Kier molecular flexibility index (Phi) is 13.9. The van der Waals surface area contributed by atoms with Gasteiger partial charge in [-0.25, -0.2) is 18.1 Å². The molecular formula is C50H62ClN7O8SSi. The van der Waals surface area contributed by atoms with E-state index in [1.54, 1.807) is 30.5 Å². The van der Waals surface area contributed by atoms with Gasteiger partial charge < -0.3 is 29.1 Å². The zero-order valence-corrected chi connectivity index (χ0v) is 42.5. The molecule has 2 fully saturated rings. The molecule has 0 unspecified atom stereocenters. The highest BCUT2D eigenvalue weighted by molar-refractivity contribution is 7.90. The van der Waals surface area contributed by atoms with Crippen LogP contribution in [0, 0.1) is 20.9 Å². The standard InChI is InChI=1S/C50H62ClN7O8SSi/c1-48(2,3)68(6,7)65-33-50(31-64-32-50)30-54-43-15-13-40(26-44(43)58(60)61)67(62,63)55-47(59)41-14-12-38(25-45(41)66-39-24-35-17-19-52-46(35)53-28-39)57-22-20-56(21-23-57)29-36-16-18-49(4,5)27-42(36)34-8-10-37(51)11-9-34/h8-15,17,19,24-26,28,54H,16,18,20-23,27,29-33H2,1-7H3,(H,52,53)(H,55,59). The van der Waals surface area contributed by atoms with Crippen LogP contribution in [0.2, 0.25) is 23.2 Å². The van der Waals surface area contributed by atoms with Crippen LogP contribution in [-0.4, -0.2) is 102 Å². The molecule has 3 aromatic carbocycles. The van der Waals surface area contributed by atoms with Crippen molar-refractivity contribution < 1.29 is 32.0 Å². The molecule has 1 amide bonds. The van der Waals surface area contributed by atoms with Crippen molar-refractivity contribution in [2.45, 2.75) is 76.9 Å². The number of sulfonamides is 1. The van der Waals surface area contributed by atoms with Crippen molar-refractivity contribution in [2.24, 2.45) is 10.8 Å². The number of aromatic nitrogens is 2. The number of amides is 1. The molecule has 8 rings (SSSR count). The van der Waals surface area contributed by atoms with E-state index in [1.165, 1.54) is 35.0 Å². The SMILES string of the molecule is CC1(C)CCC(CN2CCN(c3ccc(C(=O)NS(=O)(=O)c4ccc(NCC5(CO[Si](C)(C)C(C)(C)C)COC5)c([N+](=O)[O-])c4)c(Oc4cnc5[nH]ccc5c4)c3)CC2)=C(c2ccc(Cl)cc2)C1. The highest BCUT2D eigenvalue weighted by Crippen LogP contribution is 2.44. The number of anilines is 2. The van der Waals surface area contributed by atoms with Gasteiger partial charge in [-0.15, -0.1) is 0 Å². The fourth-order valence-corrected chi connectivity index (χ4v) is 10.9. The van der Waals surface area contributed by atoms with Gasteiger partial charge in [-0.3, -0.25) is 19.8 Å². The number of benzene rings is 3. The third-order valence-electron chi connectivity index (χ3n) is 14.1. The fraction of sp³-hybridized carbons (Fsp3) is 0.440. The summed E-state index contributed by atoms with van der Waals surface area (Å²) < 4.78 is 48.3. The number of nitrogens with zero attached hydrogens (tertiary/aromatic N) is 4. The van der Waals surface area contributed by atoms with Crippen LogP contribution in [0.1, 0.15) is 69.8 Å². The lowest BCUT2D eigenvalue weighted by Crippen LogP contribution is -2.54. The number of ether oxygens (including phenoxy) is 2. The summed E-state index contributed by atoms with van der Waals surface area (Å²) in [7, 11) is -6.69. The van der Waals surface area contributed by atoms with E-state index in [0.717, 1.165) is 61.1 Å². The lowest BCUT2D eigenvalue weighted by Gasteiger charge is -2.45. The number of hydrogen-bond donors (Lipinski definition) is 3.